The van der Waals surface area contributed by atoms with E-state index < -0.39 is 37.3 Å². The van der Waals surface area contributed by atoms with Crippen LogP contribution in [-0.4, -0.2) is 57.7 Å². The minimum atomic E-state index is -1.35. The molecule has 1 saturated heterocycles. The van der Waals surface area contributed by atoms with Gasteiger partial charge in [-0.25, -0.2) is 0 Å². The zero-order valence-electron chi connectivity index (χ0n) is 6.37. The molecule has 0 aromatic rings. The molecule has 6 N–H and O–H groups in total. The highest BCUT2D eigenvalue weighted by Gasteiger charge is 2.41. The van der Waals surface area contributed by atoms with Gasteiger partial charge < -0.3 is 30.9 Å². The maximum atomic E-state index is 9.20. The Morgan fingerprint density at radius 2 is 1.75 bits per heavy atom. The zero-order chi connectivity index (χ0) is 9.30. The van der Waals surface area contributed by atoms with Gasteiger partial charge in [0.1, 0.15) is 18.3 Å². The van der Waals surface area contributed by atoms with Crippen molar-refractivity contribution in [3.05, 3.63) is 0 Å². The third kappa shape index (κ3) is 1.58. The number of rotatable bonds is 1. The fourth-order valence-electron chi connectivity index (χ4n) is 1.12. The molecule has 0 unspecified atom stereocenters. The molecule has 5 atom stereocenters. The molecule has 0 spiro atoms. The van der Waals surface area contributed by atoms with E-state index >= 15 is 0 Å². The molecule has 0 aliphatic carbocycles. The van der Waals surface area contributed by atoms with E-state index in [-0.39, 0.29) is 0 Å². The second kappa shape index (κ2) is 3.65. The Balaban J connectivity index is 2.63. The highest BCUT2D eigenvalue weighted by molar-refractivity contribution is 4.90. The Labute approximate surface area is 69.2 Å². The van der Waals surface area contributed by atoms with E-state index in [4.69, 9.17) is 20.7 Å². The van der Waals surface area contributed by atoms with E-state index in [1.54, 1.807) is 0 Å². The normalized spacial score (nSPS) is 49.2. The highest BCUT2D eigenvalue weighted by Crippen LogP contribution is 2.17. The smallest absolute Gasteiger partial charge is 0.173 e. The Kier molecular flexibility index (Phi) is 2.99. The van der Waals surface area contributed by atoms with Gasteiger partial charge in [0, 0.05) is 0 Å². The van der Waals surface area contributed by atoms with Crippen LogP contribution in [0, 0.1) is 0 Å². The molecule has 0 aromatic carbocycles. The maximum Gasteiger partial charge on any atom is 0.173 e. The average Bonchev–Trinajstić information content (AvgIpc) is 2.08. The second-order valence-corrected chi connectivity index (χ2v) is 2.81. The standard InChI is InChI=1S/C6H13NO5/c7-3-5(10)4(9)2(1-8)12-6(3)11/h2-6,8-11H,1,7H2/t2-,3+,4+,5+,6-/m1/s1. The van der Waals surface area contributed by atoms with Gasteiger partial charge in [-0.1, -0.05) is 0 Å². The summed E-state index contributed by atoms with van der Waals surface area (Å²) < 4.78 is 4.70. The van der Waals surface area contributed by atoms with Gasteiger partial charge in [0.2, 0.25) is 0 Å². The van der Waals surface area contributed by atoms with Gasteiger partial charge in [-0.05, 0) is 0 Å². The molecule has 0 radical (unpaired) electrons. The van der Waals surface area contributed by atoms with Crippen LogP contribution in [-0.2, 0) is 4.74 Å². The lowest BCUT2D eigenvalue weighted by Crippen LogP contribution is -2.61. The minimum absolute atomic E-state index is 0.470. The van der Waals surface area contributed by atoms with Crippen molar-refractivity contribution in [3.63, 3.8) is 0 Å². The summed E-state index contributed by atoms with van der Waals surface area (Å²) in [5, 5.41) is 36.1. The van der Waals surface area contributed by atoms with Crippen LogP contribution in [0.25, 0.3) is 0 Å². The molecular weight excluding hydrogens is 166 g/mol. The van der Waals surface area contributed by atoms with Crippen LogP contribution in [0.3, 0.4) is 0 Å². The first kappa shape index (κ1) is 9.85. The predicted molar refractivity (Wildman–Crippen MR) is 38.0 cm³/mol. The molecule has 1 aliphatic rings. The van der Waals surface area contributed by atoms with Crippen LogP contribution in [0.15, 0.2) is 0 Å². The molecule has 6 nitrogen and oxygen atoms in total. The summed E-state index contributed by atoms with van der Waals surface area (Å²) in [4.78, 5) is 0. The van der Waals surface area contributed by atoms with Gasteiger partial charge in [0.05, 0.1) is 12.6 Å². The molecular formula is C6H13NO5. The van der Waals surface area contributed by atoms with E-state index in [9.17, 15) is 10.2 Å². The van der Waals surface area contributed by atoms with E-state index in [1.807, 2.05) is 0 Å². The average molecular weight is 179 g/mol. The Bertz CT molecular complexity index is 150. The second-order valence-electron chi connectivity index (χ2n) is 2.81. The monoisotopic (exact) mass is 179 g/mol. The molecule has 0 saturated carbocycles. The van der Waals surface area contributed by atoms with Crippen molar-refractivity contribution in [3.8, 4) is 0 Å². The van der Waals surface area contributed by atoms with Crippen molar-refractivity contribution in [1.29, 1.82) is 0 Å². The summed E-state index contributed by atoms with van der Waals surface area (Å²) in [6, 6.07) is -1.04. The van der Waals surface area contributed by atoms with Crippen molar-refractivity contribution in [2.75, 3.05) is 6.61 Å². The summed E-state index contributed by atoms with van der Waals surface area (Å²) >= 11 is 0. The van der Waals surface area contributed by atoms with Crippen molar-refractivity contribution in [1.82, 2.24) is 0 Å². The lowest BCUT2D eigenvalue weighted by atomic mass is 9.98. The van der Waals surface area contributed by atoms with Gasteiger partial charge in [-0.2, -0.15) is 0 Å². The van der Waals surface area contributed by atoms with Gasteiger partial charge >= 0.3 is 0 Å². The third-order valence-electron chi connectivity index (χ3n) is 1.95. The van der Waals surface area contributed by atoms with Crippen LogP contribution < -0.4 is 5.73 Å². The van der Waals surface area contributed by atoms with E-state index in [1.165, 1.54) is 0 Å². The van der Waals surface area contributed by atoms with E-state index in [0.29, 0.717) is 0 Å². The number of nitrogens with two attached hydrogens (primary N) is 1. The minimum Gasteiger partial charge on any atom is -0.394 e. The molecule has 72 valence electrons. The molecule has 1 rings (SSSR count). The lowest BCUT2D eigenvalue weighted by molar-refractivity contribution is -0.248. The van der Waals surface area contributed by atoms with Gasteiger partial charge in [0.25, 0.3) is 0 Å². The summed E-state index contributed by atoms with van der Waals surface area (Å²) in [6.07, 6.45) is -4.85. The fraction of sp³-hybridized carbons (Fsp3) is 1.00. The van der Waals surface area contributed by atoms with Gasteiger partial charge in [0.15, 0.2) is 6.29 Å². The van der Waals surface area contributed by atoms with Crippen LogP contribution >= 0.6 is 0 Å². The largest absolute Gasteiger partial charge is 0.394 e. The van der Waals surface area contributed by atoms with E-state index in [0.717, 1.165) is 0 Å². The summed E-state index contributed by atoms with van der Waals surface area (Å²) in [5.41, 5.74) is 5.26. The molecule has 1 fully saturated rings. The molecule has 1 aliphatic heterocycles. The zero-order valence-corrected chi connectivity index (χ0v) is 6.37. The molecule has 0 aromatic heterocycles. The Hall–Kier alpha value is -0.240. The van der Waals surface area contributed by atoms with Crippen molar-refractivity contribution < 1.29 is 25.2 Å². The number of aliphatic hydroxyl groups excluding tert-OH is 4. The van der Waals surface area contributed by atoms with Crippen LogP contribution in [0.1, 0.15) is 0 Å². The molecule has 1 heterocycles. The van der Waals surface area contributed by atoms with Crippen molar-refractivity contribution >= 4 is 0 Å². The first-order chi connectivity index (χ1) is 5.57. The lowest BCUT2D eigenvalue weighted by Gasteiger charge is -2.38. The van der Waals surface area contributed by atoms with Gasteiger partial charge in [-0.15, -0.1) is 0 Å². The SMILES string of the molecule is N[C@H]1[C@H](O)[C@@H](O)[C@@H](CO)O[C@H]1O. The molecule has 0 bridgehead atoms. The highest BCUT2D eigenvalue weighted by atomic mass is 16.6. The number of hydrogen-bond acceptors (Lipinski definition) is 6. The number of aliphatic hydroxyl groups is 4. The number of hydrogen-bond donors (Lipinski definition) is 5. The van der Waals surface area contributed by atoms with Gasteiger partial charge in [-0.3, -0.25) is 0 Å². The first-order valence-corrected chi connectivity index (χ1v) is 3.64. The number of ether oxygens (including phenoxy) is 1. The quantitative estimate of drug-likeness (QED) is 0.288. The maximum absolute atomic E-state index is 9.20. The van der Waals surface area contributed by atoms with Crippen LogP contribution in [0.4, 0.5) is 0 Å². The Morgan fingerprint density at radius 1 is 1.17 bits per heavy atom. The van der Waals surface area contributed by atoms with Crippen molar-refractivity contribution in [2.45, 2.75) is 30.6 Å². The molecule has 12 heavy (non-hydrogen) atoms. The summed E-state index contributed by atoms with van der Waals surface area (Å²) in [7, 11) is 0. The summed E-state index contributed by atoms with van der Waals surface area (Å²) in [6.45, 7) is -0.470. The third-order valence-corrected chi connectivity index (χ3v) is 1.95. The topological polar surface area (TPSA) is 116 Å². The molecule has 0 amide bonds. The first-order valence-electron chi connectivity index (χ1n) is 3.64. The van der Waals surface area contributed by atoms with Crippen molar-refractivity contribution in [2.24, 2.45) is 5.73 Å². The van der Waals surface area contributed by atoms with Crippen LogP contribution in [0.2, 0.25) is 0 Å². The fourth-order valence-corrected chi connectivity index (χ4v) is 1.12. The molecule has 6 heteroatoms. The predicted octanol–water partition coefficient (Wildman–Crippen LogP) is -3.26. The van der Waals surface area contributed by atoms with Crippen LogP contribution in [0.5, 0.6) is 0 Å². The summed E-state index contributed by atoms with van der Waals surface area (Å²) in [5.74, 6) is 0. The Morgan fingerprint density at radius 3 is 2.25 bits per heavy atom. The van der Waals surface area contributed by atoms with E-state index in [2.05, 4.69) is 0 Å².